The summed E-state index contributed by atoms with van der Waals surface area (Å²) in [4.78, 5) is 28.2. The van der Waals surface area contributed by atoms with E-state index in [-0.39, 0.29) is 17.9 Å². The van der Waals surface area contributed by atoms with E-state index >= 15 is 0 Å². The first kappa shape index (κ1) is 20.2. The Morgan fingerprint density at radius 2 is 1.97 bits per heavy atom. The molecule has 2 amide bonds. The highest BCUT2D eigenvalue weighted by molar-refractivity contribution is 5.94. The van der Waals surface area contributed by atoms with Crippen LogP contribution >= 0.6 is 0 Å². The minimum atomic E-state index is -0.192. The summed E-state index contributed by atoms with van der Waals surface area (Å²) in [6.07, 6.45) is 5.33. The van der Waals surface area contributed by atoms with Crippen LogP contribution in [-0.2, 0) is 31.4 Å². The third-order valence-electron chi connectivity index (χ3n) is 7.00. The molecule has 1 aliphatic carbocycles. The zero-order valence-electron chi connectivity index (χ0n) is 17.9. The Labute approximate surface area is 182 Å². The standard InChI is InChI=1S/C23H30N6O2/c1-28-19-11-12-29(23(31)21-16-9-5-6-10-18(16)25-26-21)14-17(19)20(27-28)22(30)24-13-15-7-3-2-4-8-15/h2-4,7-8,16,18,21,25-26H,5-6,9-14H2,1H3,(H,24,30). The van der Waals surface area contributed by atoms with Crippen molar-refractivity contribution >= 4 is 11.8 Å². The van der Waals surface area contributed by atoms with E-state index in [1.54, 1.807) is 4.68 Å². The Kier molecular flexibility index (Phi) is 5.50. The summed E-state index contributed by atoms with van der Waals surface area (Å²) in [7, 11) is 1.87. The predicted octanol–water partition coefficient (Wildman–Crippen LogP) is 1.27. The molecule has 3 unspecified atom stereocenters. The van der Waals surface area contributed by atoms with Crippen LogP contribution in [0.1, 0.15) is 53.0 Å². The SMILES string of the molecule is Cn1nc(C(=O)NCc2ccccc2)c2c1CCN(C(=O)C1NNC3CCCCC31)C2. The highest BCUT2D eigenvalue weighted by Gasteiger charge is 2.43. The normalized spacial score (nSPS) is 25.1. The molecule has 8 heteroatoms. The molecule has 31 heavy (non-hydrogen) atoms. The maximum atomic E-state index is 13.4. The van der Waals surface area contributed by atoms with Gasteiger partial charge >= 0.3 is 0 Å². The van der Waals surface area contributed by atoms with Gasteiger partial charge in [0.2, 0.25) is 5.91 Å². The van der Waals surface area contributed by atoms with Crippen molar-refractivity contribution in [3.63, 3.8) is 0 Å². The summed E-state index contributed by atoms with van der Waals surface area (Å²) in [6, 6.07) is 10.0. The molecule has 164 valence electrons. The van der Waals surface area contributed by atoms with E-state index in [1.165, 1.54) is 12.8 Å². The van der Waals surface area contributed by atoms with E-state index in [0.29, 0.717) is 43.7 Å². The maximum Gasteiger partial charge on any atom is 0.272 e. The van der Waals surface area contributed by atoms with Gasteiger partial charge in [0.25, 0.3) is 5.91 Å². The van der Waals surface area contributed by atoms with Crippen molar-refractivity contribution in [1.82, 2.24) is 30.8 Å². The van der Waals surface area contributed by atoms with Crippen LogP contribution in [0.5, 0.6) is 0 Å². The molecule has 0 radical (unpaired) electrons. The number of fused-ring (bicyclic) bond motifs is 2. The summed E-state index contributed by atoms with van der Waals surface area (Å²) in [5, 5.41) is 7.47. The average molecular weight is 423 g/mol. The number of aryl methyl sites for hydroxylation is 1. The van der Waals surface area contributed by atoms with Gasteiger partial charge in [0.15, 0.2) is 5.69 Å². The van der Waals surface area contributed by atoms with E-state index in [2.05, 4.69) is 21.3 Å². The number of hydrazine groups is 1. The molecule has 1 aromatic heterocycles. The number of hydrogen-bond acceptors (Lipinski definition) is 5. The number of hydrogen-bond donors (Lipinski definition) is 3. The molecule has 3 atom stereocenters. The molecular weight excluding hydrogens is 392 g/mol. The van der Waals surface area contributed by atoms with Gasteiger partial charge in [-0.2, -0.15) is 5.10 Å². The van der Waals surface area contributed by atoms with Crippen molar-refractivity contribution in [2.75, 3.05) is 6.54 Å². The van der Waals surface area contributed by atoms with Gasteiger partial charge in [-0.1, -0.05) is 43.2 Å². The zero-order chi connectivity index (χ0) is 21.4. The molecule has 2 aromatic rings. The molecule has 3 aliphatic rings. The lowest BCUT2D eigenvalue weighted by Gasteiger charge is -2.33. The lowest BCUT2D eigenvalue weighted by Crippen LogP contribution is -2.49. The maximum absolute atomic E-state index is 13.4. The van der Waals surface area contributed by atoms with Gasteiger partial charge in [-0.25, -0.2) is 5.43 Å². The molecular formula is C23H30N6O2. The molecule has 2 fully saturated rings. The monoisotopic (exact) mass is 422 g/mol. The van der Waals surface area contributed by atoms with Crippen molar-refractivity contribution in [3.05, 3.63) is 52.8 Å². The van der Waals surface area contributed by atoms with E-state index in [1.807, 2.05) is 42.3 Å². The first-order valence-corrected chi connectivity index (χ1v) is 11.3. The third kappa shape index (κ3) is 3.85. The number of nitrogens with zero attached hydrogens (tertiary/aromatic N) is 3. The predicted molar refractivity (Wildman–Crippen MR) is 116 cm³/mol. The van der Waals surface area contributed by atoms with Crippen LogP contribution in [0.4, 0.5) is 0 Å². The molecule has 3 N–H and O–H groups in total. The van der Waals surface area contributed by atoms with Crippen molar-refractivity contribution < 1.29 is 9.59 Å². The molecule has 2 aliphatic heterocycles. The number of amides is 2. The average Bonchev–Trinajstić information content (AvgIpc) is 3.39. The van der Waals surface area contributed by atoms with Gasteiger partial charge < -0.3 is 10.2 Å². The fraction of sp³-hybridized carbons (Fsp3) is 0.522. The number of carbonyl (C=O) groups is 2. The van der Waals surface area contributed by atoms with Crippen LogP contribution in [0.25, 0.3) is 0 Å². The topological polar surface area (TPSA) is 91.3 Å². The fourth-order valence-corrected chi connectivity index (χ4v) is 5.31. The number of carbonyl (C=O) groups excluding carboxylic acids is 2. The van der Waals surface area contributed by atoms with Crippen molar-refractivity contribution in [2.45, 2.75) is 57.3 Å². The van der Waals surface area contributed by atoms with E-state index < -0.39 is 0 Å². The van der Waals surface area contributed by atoms with Crippen LogP contribution in [0.3, 0.4) is 0 Å². The largest absolute Gasteiger partial charge is 0.347 e. The van der Waals surface area contributed by atoms with Gasteiger partial charge in [0.05, 0.1) is 0 Å². The van der Waals surface area contributed by atoms with E-state index in [0.717, 1.165) is 29.7 Å². The molecule has 1 saturated carbocycles. The lowest BCUT2D eigenvalue weighted by atomic mass is 9.81. The molecule has 3 heterocycles. The Hall–Kier alpha value is -2.71. The summed E-state index contributed by atoms with van der Waals surface area (Å²) < 4.78 is 1.79. The van der Waals surface area contributed by atoms with Crippen molar-refractivity contribution in [2.24, 2.45) is 13.0 Å². The quantitative estimate of drug-likeness (QED) is 0.690. The summed E-state index contributed by atoms with van der Waals surface area (Å²) in [5.41, 5.74) is 9.98. The van der Waals surface area contributed by atoms with Crippen LogP contribution < -0.4 is 16.2 Å². The van der Waals surface area contributed by atoms with Crippen molar-refractivity contribution in [3.8, 4) is 0 Å². The second-order valence-corrected chi connectivity index (χ2v) is 8.90. The number of benzene rings is 1. The van der Waals surface area contributed by atoms with Crippen LogP contribution in [-0.4, -0.2) is 45.1 Å². The molecule has 0 spiro atoms. The molecule has 1 aromatic carbocycles. The summed E-state index contributed by atoms with van der Waals surface area (Å²) in [5.74, 6) is 0.292. The van der Waals surface area contributed by atoms with Crippen molar-refractivity contribution in [1.29, 1.82) is 0 Å². The minimum absolute atomic E-state index is 0.132. The van der Waals surface area contributed by atoms with Gasteiger partial charge in [0.1, 0.15) is 6.04 Å². The highest BCUT2D eigenvalue weighted by atomic mass is 16.2. The van der Waals surface area contributed by atoms with Gasteiger partial charge in [-0.3, -0.25) is 19.7 Å². The first-order valence-electron chi connectivity index (χ1n) is 11.3. The lowest BCUT2D eigenvalue weighted by molar-refractivity contribution is -0.135. The second kappa shape index (κ2) is 8.43. The Morgan fingerprint density at radius 1 is 1.16 bits per heavy atom. The molecule has 1 saturated heterocycles. The summed E-state index contributed by atoms with van der Waals surface area (Å²) >= 11 is 0. The van der Waals surface area contributed by atoms with Gasteiger partial charge in [0, 0.05) is 56.3 Å². The zero-order valence-corrected chi connectivity index (χ0v) is 17.9. The van der Waals surface area contributed by atoms with Crippen LogP contribution in [0.15, 0.2) is 30.3 Å². The molecule has 8 nitrogen and oxygen atoms in total. The third-order valence-corrected chi connectivity index (χ3v) is 7.00. The Balaban J connectivity index is 1.30. The molecule has 5 rings (SSSR count). The van der Waals surface area contributed by atoms with E-state index in [4.69, 9.17) is 0 Å². The summed E-state index contributed by atoms with van der Waals surface area (Å²) in [6.45, 7) is 1.55. The fourth-order valence-electron chi connectivity index (χ4n) is 5.31. The highest BCUT2D eigenvalue weighted by Crippen LogP contribution is 2.32. The number of rotatable bonds is 4. The number of nitrogens with one attached hydrogen (secondary N) is 3. The van der Waals surface area contributed by atoms with Gasteiger partial charge in [-0.05, 0) is 18.4 Å². The van der Waals surface area contributed by atoms with Crippen LogP contribution in [0, 0.1) is 5.92 Å². The number of aromatic nitrogens is 2. The van der Waals surface area contributed by atoms with E-state index in [9.17, 15) is 9.59 Å². The molecule has 0 bridgehead atoms. The Morgan fingerprint density at radius 3 is 2.81 bits per heavy atom. The Bertz CT molecular complexity index is 972. The second-order valence-electron chi connectivity index (χ2n) is 8.90. The smallest absolute Gasteiger partial charge is 0.272 e. The van der Waals surface area contributed by atoms with Gasteiger partial charge in [-0.15, -0.1) is 0 Å². The first-order chi connectivity index (χ1) is 15.1. The minimum Gasteiger partial charge on any atom is -0.347 e. The van der Waals surface area contributed by atoms with Crippen LogP contribution in [0.2, 0.25) is 0 Å².